The molecule has 1 aromatic carbocycles. The molecule has 0 spiro atoms. The fourth-order valence-electron chi connectivity index (χ4n) is 6.63. The van der Waals surface area contributed by atoms with Crippen molar-refractivity contribution in [1.82, 2.24) is 10.3 Å². The normalized spacial score (nSPS) is 27.3. The van der Waals surface area contributed by atoms with Gasteiger partial charge in [0.25, 0.3) is 5.91 Å². The molecule has 0 aliphatic heterocycles. The molecular formula is C29H41N3O7S. The summed E-state index contributed by atoms with van der Waals surface area (Å²) in [4.78, 5) is 31.3. The SMILES string of the molecule is COCC(=O)Nc1nc2c(s1)CC1C(C)(CO)C(O)CCC1(C)C2CC(=O)NCCc1ccc(OC)c(OC)c1. The highest BCUT2D eigenvalue weighted by Gasteiger charge is 2.59. The molecule has 1 saturated carbocycles. The van der Waals surface area contributed by atoms with Crippen LogP contribution in [0.3, 0.4) is 0 Å². The van der Waals surface area contributed by atoms with Gasteiger partial charge in [-0.3, -0.25) is 14.9 Å². The standard InChI is InChI=1S/C29H41N3O7S/c1-28-10-8-23(34)29(2,16-33)22(28)14-21-26(32-27(40-21)31-25(36)15-37-3)18(28)13-24(35)30-11-9-17-6-7-19(38-4)20(12-17)39-5/h6-7,12,18,22-23,33-34H,8-11,13-16H2,1-5H3,(H,30,35)(H,31,32,36). The summed E-state index contributed by atoms with van der Waals surface area (Å²) in [5.41, 5.74) is 0.756. The average molecular weight is 576 g/mol. The smallest absolute Gasteiger partial charge is 0.252 e. The molecule has 220 valence electrons. The molecule has 0 saturated heterocycles. The number of ether oxygens (including phenoxy) is 3. The topological polar surface area (TPSA) is 139 Å². The summed E-state index contributed by atoms with van der Waals surface area (Å²) >= 11 is 1.39. The van der Waals surface area contributed by atoms with Crippen molar-refractivity contribution in [3.8, 4) is 11.5 Å². The van der Waals surface area contributed by atoms with Gasteiger partial charge in [-0.2, -0.15) is 0 Å². The molecule has 1 aromatic heterocycles. The molecular weight excluding hydrogens is 534 g/mol. The Kier molecular flexibility index (Phi) is 9.39. The van der Waals surface area contributed by atoms with Crippen LogP contribution in [0.2, 0.25) is 0 Å². The van der Waals surface area contributed by atoms with Crippen molar-refractivity contribution >= 4 is 28.3 Å². The zero-order chi connectivity index (χ0) is 29.1. The van der Waals surface area contributed by atoms with Gasteiger partial charge in [-0.15, -0.1) is 11.3 Å². The van der Waals surface area contributed by atoms with Gasteiger partial charge < -0.3 is 29.7 Å². The number of aliphatic hydroxyl groups is 2. The summed E-state index contributed by atoms with van der Waals surface area (Å²) in [5.74, 6) is 0.618. The number of aliphatic hydroxyl groups excluding tert-OH is 2. The van der Waals surface area contributed by atoms with Crippen molar-refractivity contribution in [2.75, 3.05) is 46.4 Å². The first-order chi connectivity index (χ1) is 19.1. The van der Waals surface area contributed by atoms with Gasteiger partial charge in [0.05, 0.1) is 32.6 Å². The third-order valence-corrected chi connectivity index (χ3v) is 10.00. The van der Waals surface area contributed by atoms with Gasteiger partial charge in [-0.1, -0.05) is 19.9 Å². The van der Waals surface area contributed by atoms with Crippen LogP contribution < -0.4 is 20.1 Å². The lowest BCUT2D eigenvalue weighted by molar-refractivity contribution is -0.144. The van der Waals surface area contributed by atoms with E-state index in [1.807, 2.05) is 25.1 Å². The minimum Gasteiger partial charge on any atom is -0.493 e. The first-order valence-electron chi connectivity index (χ1n) is 13.6. The van der Waals surface area contributed by atoms with E-state index in [1.165, 1.54) is 18.4 Å². The molecule has 0 radical (unpaired) electrons. The third kappa shape index (κ3) is 5.83. The molecule has 11 heteroatoms. The Morgan fingerprint density at radius 2 is 1.90 bits per heavy atom. The largest absolute Gasteiger partial charge is 0.493 e. The Morgan fingerprint density at radius 1 is 1.15 bits per heavy atom. The number of fused-ring (bicyclic) bond motifs is 2. The van der Waals surface area contributed by atoms with Crippen LogP contribution in [0.5, 0.6) is 11.5 Å². The number of carbonyl (C=O) groups excluding carboxylic acids is 2. The van der Waals surface area contributed by atoms with Crippen LogP contribution in [0.1, 0.15) is 55.2 Å². The number of aromatic nitrogens is 1. The minimum atomic E-state index is -0.712. The van der Waals surface area contributed by atoms with E-state index in [0.29, 0.717) is 48.9 Å². The Labute approximate surface area is 239 Å². The predicted octanol–water partition coefficient (Wildman–Crippen LogP) is 2.91. The monoisotopic (exact) mass is 575 g/mol. The Hall–Kier alpha value is -2.73. The van der Waals surface area contributed by atoms with Crippen molar-refractivity contribution in [1.29, 1.82) is 0 Å². The summed E-state index contributed by atoms with van der Waals surface area (Å²) in [6, 6.07) is 5.70. The summed E-state index contributed by atoms with van der Waals surface area (Å²) in [6.45, 7) is 4.32. The molecule has 2 amide bonds. The molecule has 1 fully saturated rings. The highest BCUT2D eigenvalue weighted by molar-refractivity contribution is 7.15. The number of carbonyl (C=O) groups is 2. The van der Waals surface area contributed by atoms with Gasteiger partial charge in [0.2, 0.25) is 5.91 Å². The number of nitrogens with zero attached hydrogens (tertiary/aromatic N) is 1. The number of amides is 2. The number of rotatable bonds is 11. The van der Waals surface area contributed by atoms with Crippen molar-refractivity contribution in [3.63, 3.8) is 0 Å². The molecule has 5 atom stereocenters. The first-order valence-corrected chi connectivity index (χ1v) is 14.5. The second kappa shape index (κ2) is 12.4. The number of nitrogens with one attached hydrogen (secondary N) is 2. The minimum absolute atomic E-state index is 0.0613. The third-order valence-electron chi connectivity index (χ3n) is 8.99. The predicted molar refractivity (Wildman–Crippen MR) is 152 cm³/mol. The molecule has 4 N–H and O–H groups in total. The summed E-state index contributed by atoms with van der Waals surface area (Å²) in [6.07, 6.45) is 2.08. The summed E-state index contributed by atoms with van der Waals surface area (Å²) in [7, 11) is 4.64. The Balaban J connectivity index is 1.55. The maximum atomic E-state index is 13.4. The molecule has 1 heterocycles. The fraction of sp³-hybridized carbons (Fsp3) is 0.621. The zero-order valence-electron chi connectivity index (χ0n) is 23.9. The molecule has 0 bridgehead atoms. The van der Waals surface area contributed by atoms with Crippen molar-refractivity contribution < 1.29 is 34.0 Å². The van der Waals surface area contributed by atoms with Crippen molar-refractivity contribution in [2.24, 2.45) is 16.7 Å². The molecule has 10 nitrogen and oxygen atoms in total. The number of thiazole rings is 1. The molecule has 5 unspecified atom stereocenters. The van der Waals surface area contributed by atoms with E-state index in [1.54, 1.807) is 14.2 Å². The van der Waals surface area contributed by atoms with E-state index >= 15 is 0 Å². The van der Waals surface area contributed by atoms with E-state index in [4.69, 9.17) is 19.2 Å². The number of benzene rings is 1. The number of hydrogen-bond donors (Lipinski definition) is 4. The first kappa shape index (κ1) is 30.2. The van der Waals surface area contributed by atoms with E-state index in [0.717, 1.165) is 16.1 Å². The van der Waals surface area contributed by atoms with Crippen molar-refractivity contribution in [2.45, 2.75) is 58.0 Å². The van der Waals surface area contributed by atoms with Gasteiger partial charge in [-0.05, 0) is 54.7 Å². The average Bonchev–Trinajstić information content (AvgIpc) is 3.33. The van der Waals surface area contributed by atoms with Crippen molar-refractivity contribution in [3.05, 3.63) is 34.3 Å². The van der Waals surface area contributed by atoms with Gasteiger partial charge >= 0.3 is 0 Å². The fourth-order valence-corrected chi connectivity index (χ4v) is 7.71. The highest BCUT2D eigenvalue weighted by Crippen LogP contribution is 2.62. The second-order valence-corrected chi connectivity index (χ2v) is 12.4. The molecule has 2 aromatic rings. The zero-order valence-corrected chi connectivity index (χ0v) is 24.7. The maximum absolute atomic E-state index is 13.4. The van der Waals surface area contributed by atoms with E-state index in [2.05, 4.69) is 17.6 Å². The Morgan fingerprint density at radius 3 is 2.58 bits per heavy atom. The van der Waals surface area contributed by atoms with E-state index < -0.39 is 11.5 Å². The summed E-state index contributed by atoms with van der Waals surface area (Å²) < 4.78 is 15.6. The van der Waals surface area contributed by atoms with Crippen LogP contribution in [0, 0.1) is 16.7 Å². The van der Waals surface area contributed by atoms with E-state index in [9.17, 15) is 19.8 Å². The molecule has 4 rings (SSSR count). The Bertz CT molecular complexity index is 1220. The van der Waals surface area contributed by atoms with Gasteiger partial charge in [0.1, 0.15) is 6.61 Å². The van der Waals surface area contributed by atoms with Crippen LogP contribution in [-0.4, -0.2) is 74.2 Å². The van der Waals surface area contributed by atoms with Crippen LogP contribution in [0.15, 0.2) is 18.2 Å². The quantitative estimate of drug-likeness (QED) is 0.321. The summed E-state index contributed by atoms with van der Waals surface area (Å²) in [5, 5.41) is 27.7. The van der Waals surface area contributed by atoms with Gasteiger partial charge in [0, 0.05) is 36.3 Å². The van der Waals surface area contributed by atoms with E-state index in [-0.39, 0.29) is 48.7 Å². The number of methoxy groups -OCH3 is 3. The lowest BCUT2D eigenvalue weighted by Gasteiger charge is -2.58. The van der Waals surface area contributed by atoms with Crippen LogP contribution >= 0.6 is 11.3 Å². The molecule has 2 aliphatic rings. The maximum Gasteiger partial charge on any atom is 0.252 e. The van der Waals surface area contributed by atoms with Crippen LogP contribution in [0.4, 0.5) is 5.13 Å². The number of hydrogen-bond acceptors (Lipinski definition) is 9. The van der Waals surface area contributed by atoms with Gasteiger partial charge in [0.15, 0.2) is 16.6 Å². The molecule has 40 heavy (non-hydrogen) atoms. The second-order valence-electron chi connectivity index (χ2n) is 11.3. The lowest BCUT2D eigenvalue weighted by atomic mass is 9.47. The number of anilines is 1. The molecule has 2 aliphatic carbocycles. The van der Waals surface area contributed by atoms with Gasteiger partial charge in [-0.25, -0.2) is 4.98 Å². The van der Waals surface area contributed by atoms with Crippen LogP contribution in [-0.2, 0) is 27.2 Å². The highest BCUT2D eigenvalue weighted by atomic mass is 32.1. The lowest BCUT2D eigenvalue weighted by Crippen LogP contribution is -2.57. The van der Waals surface area contributed by atoms with Crippen LogP contribution in [0.25, 0.3) is 0 Å².